The molecule has 3 aromatic carbocycles. The smallest absolute Gasteiger partial charge is 0.428 e. The fourth-order valence-electron chi connectivity index (χ4n) is 5.56. The van der Waals surface area contributed by atoms with Crippen LogP contribution >= 0.6 is 0 Å². The van der Waals surface area contributed by atoms with E-state index in [0.29, 0.717) is 17.0 Å². The van der Waals surface area contributed by atoms with Crippen molar-refractivity contribution in [1.82, 2.24) is 0 Å². The molecule has 0 saturated heterocycles. The van der Waals surface area contributed by atoms with Crippen LogP contribution in [0.15, 0.2) is 72.8 Å². The Labute approximate surface area is 233 Å². The van der Waals surface area contributed by atoms with Crippen molar-refractivity contribution in [3.05, 3.63) is 83.9 Å². The van der Waals surface area contributed by atoms with E-state index in [2.05, 4.69) is 11.7 Å². The summed E-state index contributed by atoms with van der Waals surface area (Å²) in [6.45, 7) is 2.24. The molecule has 0 atom stereocenters. The second-order valence-electron chi connectivity index (χ2n) is 10.8. The molecule has 0 radical (unpaired) electrons. The Morgan fingerprint density at radius 3 is 1.95 bits per heavy atom. The van der Waals surface area contributed by atoms with E-state index in [1.807, 2.05) is 0 Å². The third-order valence-corrected chi connectivity index (χ3v) is 7.84. The van der Waals surface area contributed by atoms with E-state index >= 15 is 8.78 Å². The maximum Gasteiger partial charge on any atom is 0.573 e. The predicted molar refractivity (Wildman–Crippen MR) is 147 cm³/mol. The number of hydrogen-bond acceptors (Lipinski definition) is 2. The van der Waals surface area contributed by atoms with Crippen molar-refractivity contribution >= 4 is 0 Å². The fourth-order valence-corrected chi connectivity index (χ4v) is 5.56. The molecule has 0 unspecified atom stereocenters. The first-order valence-corrected chi connectivity index (χ1v) is 14.2. The first kappa shape index (κ1) is 29.9. The van der Waals surface area contributed by atoms with Crippen LogP contribution in [-0.4, -0.2) is 6.36 Å². The molecule has 7 heteroatoms. The third-order valence-electron chi connectivity index (χ3n) is 7.84. The molecule has 40 heavy (non-hydrogen) atoms. The molecule has 0 N–H and O–H groups in total. The van der Waals surface area contributed by atoms with E-state index in [4.69, 9.17) is 4.74 Å². The van der Waals surface area contributed by atoms with Gasteiger partial charge in [-0.1, -0.05) is 101 Å². The van der Waals surface area contributed by atoms with Gasteiger partial charge in [0.25, 0.3) is 0 Å². The molecule has 0 amide bonds. The Hall–Kier alpha value is -3.09. The zero-order valence-electron chi connectivity index (χ0n) is 22.9. The quantitative estimate of drug-likeness (QED) is 0.162. The van der Waals surface area contributed by atoms with Gasteiger partial charge in [0.05, 0.1) is 5.56 Å². The second kappa shape index (κ2) is 13.5. The van der Waals surface area contributed by atoms with Crippen molar-refractivity contribution in [3.8, 4) is 22.6 Å². The van der Waals surface area contributed by atoms with Crippen LogP contribution < -0.4 is 9.47 Å². The Morgan fingerprint density at radius 1 is 0.700 bits per heavy atom. The average Bonchev–Trinajstić information content (AvgIpc) is 2.93. The number of halogens is 5. The summed E-state index contributed by atoms with van der Waals surface area (Å²) in [5.41, 5.74) is 1.53. The summed E-state index contributed by atoms with van der Waals surface area (Å²) in [5.74, 6) is 1.11. The van der Waals surface area contributed by atoms with Gasteiger partial charge in [-0.15, -0.1) is 13.2 Å². The largest absolute Gasteiger partial charge is 0.573 e. The SMILES string of the molecule is CCCCC[C@H]1CC[C@H](CCc2ccc(C(F)(F)Oc3ccccc3-c3ccc(OC(F)(F)F)cc3)cc2)CC1. The van der Waals surface area contributed by atoms with Crippen molar-refractivity contribution in [2.45, 2.75) is 83.6 Å². The van der Waals surface area contributed by atoms with Gasteiger partial charge in [-0.05, 0) is 66.1 Å². The number of hydrogen-bond donors (Lipinski definition) is 0. The monoisotopic (exact) mass is 560 g/mol. The average molecular weight is 561 g/mol. The molecule has 1 aliphatic carbocycles. The Morgan fingerprint density at radius 2 is 1.32 bits per heavy atom. The summed E-state index contributed by atoms with van der Waals surface area (Å²) in [4.78, 5) is 0. The highest BCUT2D eigenvalue weighted by molar-refractivity contribution is 5.71. The number of aryl methyl sites for hydroxylation is 1. The fraction of sp³-hybridized carbons (Fsp3) is 0.455. The van der Waals surface area contributed by atoms with E-state index in [1.165, 1.54) is 81.7 Å². The first-order valence-electron chi connectivity index (χ1n) is 14.2. The summed E-state index contributed by atoms with van der Waals surface area (Å²) in [7, 11) is 0. The maximum absolute atomic E-state index is 15.2. The van der Waals surface area contributed by atoms with Crippen LogP contribution in [-0.2, 0) is 12.5 Å². The van der Waals surface area contributed by atoms with Gasteiger partial charge in [0.2, 0.25) is 0 Å². The van der Waals surface area contributed by atoms with E-state index in [0.717, 1.165) is 36.5 Å². The molecule has 1 saturated carbocycles. The molecule has 3 aromatic rings. The number of alkyl halides is 5. The van der Waals surface area contributed by atoms with E-state index < -0.39 is 18.2 Å². The molecular weight excluding hydrogens is 523 g/mol. The van der Waals surface area contributed by atoms with Gasteiger partial charge in [-0.25, -0.2) is 0 Å². The predicted octanol–water partition coefficient (Wildman–Crippen LogP) is 10.7. The number of rotatable bonds is 12. The van der Waals surface area contributed by atoms with Gasteiger partial charge in [0, 0.05) is 5.56 Å². The lowest BCUT2D eigenvalue weighted by Crippen LogP contribution is -2.22. The topological polar surface area (TPSA) is 18.5 Å². The number of para-hydroxylation sites is 1. The van der Waals surface area contributed by atoms with Gasteiger partial charge >= 0.3 is 12.5 Å². The van der Waals surface area contributed by atoms with Crippen LogP contribution in [0.2, 0.25) is 0 Å². The molecule has 1 fully saturated rings. The number of benzene rings is 3. The zero-order valence-corrected chi connectivity index (χ0v) is 22.9. The zero-order chi connectivity index (χ0) is 28.6. The summed E-state index contributed by atoms with van der Waals surface area (Å²) in [5, 5.41) is 0. The van der Waals surface area contributed by atoms with Crippen LogP contribution in [0.4, 0.5) is 22.0 Å². The molecule has 0 spiro atoms. The minimum Gasteiger partial charge on any atom is -0.428 e. The summed E-state index contributed by atoms with van der Waals surface area (Å²) in [6, 6.07) is 17.5. The number of unbranched alkanes of at least 4 members (excludes halogenated alkanes) is 2. The van der Waals surface area contributed by atoms with Gasteiger partial charge in [0.15, 0.2) is 0 Å². The van der Waals surface area contributed by atoms with Crippen LogP contribution in [0.5, 0.6) is 11.5 Å². The number of ether oxygens (including phenoxy) is 2. The van der Waals surface area contributed by atoms with E-state index in [1.54, 1.807) is 30.3 Å². The van der Waals surface area contributed by atoms with Crippen LogP contribution in [0.1, 0.15) is 75.8 Å². The van der Waals surface area contributed by atoms with Crippen molar-refractivity contribution < 1.29 is 31.4 Å². The van der Waals surface area contributed by atoms with Crippen LogP contribution in [0.3, 0.4) is 0 Å². The van der Waals surface area contributed by atoms with Gasteiger partial charge in [-0.3, -0.25) is 0 Å². The molecule has 216 valence electrons. The van der Waals surface area contributed by atoms with Crippen molar-refractivity contribution in [1.29, 1.82) is 0 Å². The van der Waals surface area contributed by atoms with Gasteiger partial charge in [0.1, 0.15) is 11.5 Å². The molecular formula is C33H37F5O2. The van der Waals surface area contributed by atoms with Crippen molar-refractivity contribution in [2.24, 2.45) is 11.8 Å². The Balaban J connectivity index is 1.33. The highest BCUT2D eigenvalue weighted by Crippen LogP contribution is 2.39. The first-order chi connectivity index (χ1) is 19.1. The lowest BCUT2D eigenvalue weighted by molar-refractivity contribution is -0.274. The highest BCUT2D eigenvalue weighted by atomic mass is 19.4. The maximum atomic E-state index is 15.2. The molecule has 0 heterocycles. The van der Waals surface area contributed by atoms with Gasteiger partial charge < -0.3 is 9.47 Å². The van der Waals surface area contributed by atoms with Crippen LogP contribution in [0, 0.1) is 11.8 Å². The standard InChI is InChI=1S/C33H37F5O2/c1-2-3-4-7-24-10-12-25(13-11-24)14-15-26-16-20-28(21-17-26)32(34,35)40-31-9-6-5-8-30(31)27-18-22-29(23-19-27)39-33(36,37)38/h5-6,8-9,16-25H,2-4,7,10-15H2,1H3/t24-,25-. The summed E-state index contributed by atoms with van der Waals surface area (Å²) >= 11 is 0. The highest BCUT2D eigenvalue weighted by Gasteiger charge is 2.35. The minimum absolute atomic E-state index is 0.0774. The van der Waals surface area contributed by atoms with Crippen molar-refractivity contribution in [2.75, 3.05) is 0 Å². The Bertz CT molecular complexity index is 1180. The third kappa shape index (κ3) is 8.70. The van der Waals surface area contributed by atoms with E-state index in [9.17, 15) is 13.2 Å². The molecule has 1 aliphatic rings. The minimum atomic E-state index is -4.81. The normalized spacial score (nSPS) is 17.9. The van der Waals surface area contributed by atoms with Crippen molar-refractivity contribution in [3.63, 3.8) is 0 Å². The molecule has 2 nitrogen and oxygen atoms in total. The molecule has 0 aliphatic heterocycles. The lowest BCUT2D eigenvalue weighted by atomic mass is 9.78. The second-order valence-corrected chi connectivity index (χ2v) is 10.8. The lowest BCUT2D eigenvalue weighted by Gasteiger charge is -2.28. The molecule has 0 bridgehead atoms. The van der Waals surface area contributed by atoms with Crippen LogP contribution in [0.25, 0.3) is 11.1 Å². The molecule has 4 rings (SSSR count). The van der Waals surface area contributed by atoms with Gasteiger partial charge in [-0.2, -0.15) is 8.78 Å². The van der Waals surface area contributed by atoms with E-state index in [-0.39, 0.29) is 11.3 Å². The summed E-state index contributed by atoms with van der Waals surface area (Å²) in [6.07, 6.45) is 3.97. The summed E-state index contributed by atoms with van der Waals surface area (Å²) < 4.78 is 76.8. The molecule has 0 aromatic heterocycles. The Kier molecular flexibility index (Phi) is 10.1.